The summed E-state index contributed by atoms with van der Waals surface area (Å²) in [6.07, 6.45) is 3.43. The molecule has 0 saturated carbocycles. The van der Waals surface area contributed by atoms with Crippen molar-refractivity contribution in [2.75, 3.05) is 0 Å². The maximum atomic E-state index is 10.3. The van der Waals surface area contributed by atoms with Crippen LogP contribution < -0.4 is 30.1 Å². The van der Waals surface area contributed by atoms with Gasteiger partial charge in [-0.05, 0) is 140 Å². The van der Waals surface area contributed by atoms with Crippen LogP contribution in [-0.2, 0) is 32.9 Å². The molecule has 12 aromatic carbocycles. The van der Waals surface area contributed by atoms with Crippen molar-refractivity contribution in [1.29, 1.82) is 0 Å². The Hall–Kier alpha value is -10.2. The number of nitrogens with zero attached hydrogens (tertiary/aromatic N) is 4. The number of fused-ring (bicyclic) bond motifs is 10. The smallest absolute Gasteiger partial charge is 0.268 e. The van der Waals surface area contributed by atoms with Crippen LogP contribution in [0.15, 0.2) is 291 Å². The second-order valence-electron chi connectivity index (χ2n) is 25.7. The molecule has 5 nitrogen and oxygen atoms in total. The Bertz CT molecular complexity index is 5940. The Labute approximate surface area is 583 Å². The maximum Gasteiger partial charge on any atom is 0.268 e. The minimum Gasteiger partial charge on any atom is -0.510 e. The summed E-state index contributed by atoms with van der Waals surface area (Å²) in [6, 6.07) is 76.2. The molecule has 1 aliphatic rings. The number of benzene rings is 12. The first-order valence-corrected chi connectivity index (χ1v) is 33.2. The van der Waals surface area contributed by atoms with Gasteiger partial charge >= 0.3 is 0 Å². The molecule has 3 aromatic heterocycles. The van der Waals surface area contributed by atoms with E-state index in [4.69, 9.17) is 15.2 Å². The standard InChI is InChI=1S/C87H68N4OSi.Pt/c1-86(2,3)57-59-49-76(61-29-14-8-15-30-61)84-78(50-59)77-56-70(93(67-33-16-9-17-34-67,68-35-18-10-19-36-68)69-37-20-11-21-38-69)44-46-73(77)71-39-22-23-40-72(71)79-51-62(60-27-12-7-13-28-60)52-82-85(79)90(84)58-89(82)64-31-26-32-65(54-64)92-66-43-45-75-74-41-24-25-42-80(74)91(81(75)55-66)83-53-63(47-48-88-83)87(4,5)6;/h7-53,56H,57H2,1-6H3;/q-2;/i7D,8D,12D,13D,14D,15D,27D,28D,29D,30D,57D2;. The molecule has 15 aromatic rings. The van der Waals surface area contributed by atoms with E-state index in [9.17, 15) is 11.0 Å². The summed E-state index contributed by atoms with van der Waals surface area (Å²) >= 11 is 0. The minimum absolute atomic E-state index is 0. The summed E-state index contributed by atoms with van der Waals surface area (Å²) in [7, 11) is -3.44. The first-order chi connectivity index (χ1) is 50.3. The Morgan fingerprint density at radius 2 is 1.10 bits per heavy atom. The van der Waals surface area contributed by atoms with Crippen molar-refractivity contribution in [3.8, 4) is 84.3 Å². The topological polar surface area (TPSA) is 35.9 Å². The van der Waals surface area contributed by atoms with Crippen LogP contribution >= 0.6 is 0 Å². The van der Waals surface area contributed by atoms with Crippen molar-refractivity contribution in [3.63, 3.8) is 0 Å². The predicted molar refractivity (Wildman–Crippen MR) is 386 cm³/mol. The largest absolute Gasteiger partial charge is 0.510 e. The number of hydrogen-bond acceptors (Lipinski definition) is 2. The molecule has 7 heteroatoms. The van der Waals surface area contributed by atoms with Crippen LogP contribution in [0.3, 0.4) is 0 Å². The van der Waals surface area contributed by atoms with Gasteiger partial charge in [0, 0.05) is 47.0 Å². The van der Waals surface area contributed by atoms with E-state index in [-0.39, 0.29) is 65.7 Å². The van der Waals surface area contributed by atoms with E-state index in [1.54, 1.807) is 22.8 Å². The molecule has 0 saturated heterocycles. The average Bonchev–Trinajstić information content (AvgIpc) is 1.45. The quantitative estimate of drug-likeness (QED) is 0.0560. The fourth-order valence-corrected chi connectivity index (χ4v) is 18.4. The number of imidazole rings is 1. The molecule has 16 rings (SSSR count). The van der Waals surface area contributed by atoms with Gasteiger partial charge < -0.3 is 13.9 Å². The second kappa shape index (κ2) is 24.0. The Morgan fingerprint density at radius 3 is 1.77 bits per heavy atom. The molecule has 458 valence electrons. The van der Waals surface area contributed by atoms with Crippen LogP contribution in [0.5, 0.6) is 11.5 Å². The molecule has 0 N–H and O–H groups in total. The minimum atomic E-state index is -3.44. The van der Waals surface area contributed by atoms with E-state index < -0.39 is 80.3 Å². The fourth-order valence-electron chi connectivity index (χ4n) is 13.7. The van der Waals surface area contributed by atoms with Crippen LogP contribution in [0, 0.1) is 23.9 Å². The molecule has 0 amide bonds. The van der Waals surface area contributed by atoms with Gasteiger partial charge in [0.15, 0.2) is 8.07 Å². The van der Waals surface area contributed by atoms with Gasteiger partial charge in [0.05, 0.1) is 30.4 Å². The average molecular weight is 1420 g/mol. The Balaban J connectivity index is 0.00000900. The molecule has 4 heterocycles. The van der Waals surface area contributed by atoms with Gasteiger partial charge in [-0.2, -0.15) is 18.2 Å². The van der Waals surface area contributed by atoms with Gasteiger partial charge in [-0.25, -0.2) is 4.98 Å². The molecule has 0 spiro atoms. The third kappa shape index (κ3) is 10.6. The number of para-hydroxylation sites is 1. The summed E-state index contributed by atoms with van der Waals surface area (Å²) < 4.78 is 127. The van der Waals surface area contributed by atoms with Crippen LogP contribution in [0.2, 0.25) is 0 Å². The normalized spacial score (nSPS) is 14.1. The summed E-state index contributed by atoms with van der Waals surface area (Å²) in [4.78, 5) is 4.90. The zero-order valence-corrected chi connectivity index (χ0v) is 55.7. The van der Waals surface area contributed by atoms with E-state index in [0.29, 0.717) is 55.9 Å². The van der Waals surface area contributed by atoms with E-state index in [1.807, 2.05) is 129 Å². The number of aromatic nitrogens is 4. The molecule has 94 heavy (non-hydrogen) atoms. The first kappa shape index (κ1) is 47.6. The zero-order valence-electron chi connectivity index (χ0n) is 64.5. The van der Waals surface area contributed by atoms with Crippen LogP contribution in [0.1, 0.15) is 69.1 Å². The second-order valence-corrected chi connectivity index (χ2v) is 29.5. The van der Waals surface area contributed by atoms with Gasteiger partial charge in [0.2, 0.25) is 0 Å². The molecule has 0 radical (unpaired) electrons. The van der Waals surface area contributed by atoms with Crippen molar-refractivity contribution >= 4 is 61.7 Å². The summed E-state index contributed by atoms with van der Waals surface area (Å²) in [5, 5.41) is 6.15. The SMILES string of the molecule is [2H]c1c([2H])c([2H])c(-c2cc3c4c(c2)n(-c2[c-]c(Oc5[c-]c6c(cc5)c5ccccc5n6-c5cc(C(C)(C)C)ccn5)ccc2)[c-][n+]4-c2c(cc(C([2H])([2H])C(C)(C)C)cc2-c2c([2H])c([2H])c([2H])c([2H])c2[2H])-c2cc([Si](c4ccccc4)(c4ccccc4)c4ccccc4)ccc2-c2ccccc2-3)c([2H])c1[2H].[Pt]. The van der Waals surface area contributed by atoms with E-state index in [2.05, 4.69) is 153 Å². The van der Waals surface area contributed by atoms with E-state index >= 15 is 0 Å². The summed E-state index contributed by atoms with van der Waals surface area (Å²) in [6.45, 7) is 11.9. The van der Waals surface area contributed by atoms with Crippen LogP contribution in [0.4, 0.5) is 0 Å². The van der Waals surface area contributed by atoms with Gasteiger partial charge in [-0.3, -0.25) is 4.57 Å². The van der Waals surface area contributed by atoms with Gasteiger partial charge in [0.25, 0.3) is 6.33 Å². The fraction of sp³-hybridized carbons (Fsp3) is 0.103. The van der Waals surface area contributed by atoms with E-state index in [0.717, 1.165) is 53.9 Å². The molecule has 0 fully saturated rings. The molecule has 0 unspecified atom stereocenters. The van der Waals surface area contributed by atoms with Crippen molar-refractivity contribution in [3.05, 3.63) is 321 Å². The molecule has 0 aliphatic carbocycles. The molecular formula is C87H68N4OPtSi-2. The summed E-state index contributed by atoms with van der Waals surface area (Å²) in [5.41, 5.74) is 6.83. The Kier molecular flexibility index (Phi) is 12.2. The predicted octanol–water partition coefficient (Wildman–Crippen LogP) is 18.5. The number of hydrogen-bond donors (Lipinski definition) is 0. The van der Waals surface area contributed by atoms with Crippen molar-refractivity contribution in [2.24, 2.45) is 5.41 Å². The first-order valence-electron chi connectivity index (χ1n) is 37.2. The zero-order chi connectivity index (χ0) is 73.5. The number of ether oxygens (including phenoxy) is 1. The number of rotatable bonds is 11. The molecule has 1 aliphatic heterocycles. The monoisotopic (exact) mass is 1420 g/mol. The third-order valence-corrected chi connectivity index (χ3v) is 22.4. The van der Waals surface area contributed by atoms with Crippen molar-refractivity contribution < 1.29 is 46.8 Å². The molecular weight excluding hydrogens is 1340 g/mol. The van der Waals surface area contributed by atoms with Gasteiger partial charge in [-0.15, -0.1) is 29.7 Å². The van der Waals surface area contributed by atoms with Crippen LogP contribution in [-0.4, -0.2) is 22.2 Å². The third-order valence-electron chi connectivity index (χ3n) is 17.6. The molecule has 0 atom stereocenters. The van der Waals surface area contributed by atoms with Gasteiger partial charge in [0.1, 0.15) is 5.82 Å². The van der Waals surface area contributed by atoms with Crippen LogP contribution in [0.25, 0.3) is 106 Å². The summed E-state index contributed by atoms with van der Waals surface area (Å²) in [5.74, 6) is 1.36. The Morgan fingerprint density at radius 1 is 0.489 bits per heavy atom. The van der Waals surface area contributed by atoms with Crippen molar-refractivity contribution in [1.82, 2.24) is 14.1 Å². The van der Waals surface area contributed by atoms with Gasteiger partial charge in [-0.1, -0.05) is 277 Å². The van der Waals surface area contributed by atoms with E-state index in [1.165, 1.54) is 0 Å². The molecule has 0 bridgehead atoms. The number of pyridine rings is 1. The van der Waals surface area contributed by atoms with Crippen molar-refractivity contribution in [2.45, 2.75) is 53.3 Å². The maximum absolute atomic E-state index is 10.3.